The van der Waals surface area contributed by atoms with Crippen molar-refractivity contribution in [3.8, 4) is 11.5 Å². The van der Waals surface area contributed by atoms with E-state index in [2.05, 4.69) is 22.8 Å². The Balaban J connectivity index is 1.13. The molecule has 8 nitrogen and oxygen atoms in total. The van der Waals surface area contributed by atoms with Crippen molar-refractivity contribution in [1.29, 1.82) is 0 Å². The highest BCUT2D eigenvalue weighted by molar-refractivity contribution is 5.84. The number of para-hydroxylation sites is 1. The Hall–Kier alpha value is -4.33. The van der Waals surface area contributed by atoms with Gasteiger partial charge in [0.05, 0.1) is 6.54 Å². The summed E-state index contributed by atoms with van der Waals surface area (Å²) >= 11 is 0. The van der Waals surface area contributed by atoms with Gasteiger partial charge in [0.15, 0.2) is 0 Å². The molecule has 0 unspecified atom stereocenters. The van der Waals surface area contributed by atoms with E-state index in [0.717, 1.165) is 53.1 Å². The van der Waals surface area contributed by atoms with Crippen LogP contribution >= 0.6 is 0 Å². The molecule has 4 aromatic rings. The lowest BCUT2D eigenvalue weighted by molar-refractivity contribution is -0.134. The van der Waals surface area contributed by atoms with Gasteiger partial charge in [0, 0.05) is 36.8 Å². The van der Waals surface area contributed by atoms with Crippen molar-refractivity contribution in [2.24, 2.45) is 5.41 Å². The quantitative estimate of drug-likeness (QED) is 0.262. The van der Waals surface area contributed by atoms with E-state index in [1.165, 1.54) is 5.56 Å². The Morgan fingerprint density at radius 2 is 1.76 bits per heavy atom. The number of carbonyl (C=O) groups excluding carboxylic acids is 1. The highest BCUT2D eigenvalue weighted by Crippen LogP contribution is 2.60. The van der Waals surface area contributed by atoms with Gasteiger partial charge in [-0.2, -0.15) is 0 Å². The topological polar surface area (TPSA) is 93.9 Å². The molecule has 2 aliphatic carbocycles. The molecule has 1 N–H and O–H groups in total. The second kappa shape index (κ2) is 9.94. The second-order valence-electron chi connectivity index (χ2n) is 11.9. The summed E-state index contributed by atoms with van der Waals surface area (Å²) in [7, 11) is 0. The number of amides is 1. The first kappa shape index (κ1) is 25.6. The largest absolute Gasteiger partial charge is 0.506 e. The van der Waals surface area contributed by atoms with Gasteiger partial charge in [-0.05, 0) is 91.5 Å². The SMILES string of the molecule is O=C(O)OC12CCC(CC(=O)N3CCc4c(n(Cc5cccc(Oc6ccccc6)c5)c5ncccc45)C3)(CC1)C2. The zero-order valence-electron chi connectivity index (χ0n) is 22.9. The van der Waals surface area contributed by atoms with Crippen LogP contribution in [0.3, 0.4) is 0 Å². The summed E-state index contributed by atoms with van der Waals surface area (Å²) in [4.78, 5) is 31.7. The van der Waals surface area contributed by atoms with Crippen molar-refractivity contribution in [2.45, 2.75) is 63.6 Å². The van der Waals surface area contributed by atoms with Gasteiger partial charge >= 0.3 is 6.16 Å². The van der Waals surface area contributed by atoms with Gasteiger partial charge in [-0.15, -0.1) is 0 Å². The predicted octanol–water partition coefficient (Wildman–Crippen LogP) is 6.55. The lowest BCUT2D eigenvalue weighted by atomic mass is 9.80. The van der Waals surface area contributed by atoms with Gasteiger partial charge in [-0.3, -0.25) is 4.79 Å². The molecule has 8 heteroatoms. The van der Waals surface area contributed by atoms with Crippen LogP contribution in [-0.2, 0) is 29.0 Å². The molecule has 2 fully saturated rings. The van der Waals surface area contributed by atoms with Crippen LogP contribution in [0, 0.1) is 5.41 Å². The summed E-state index contributed by atoms with van der Waals surface area (Å²) in [5.74, 6) is 1.71. The second-order valence-corrected chi connectivity index (χ2v) is 11.9. The Kier molecular flexibility index (Phi) is 6.21. The molecule has 210 valence electrons. The van der Waals surface area contributed by atoms with E-state index in [1.54, 1.807) is 0 Å². The highest BCUT2D eigenvalue weighted by Gasteiger charge is 2.57. The van der Waals surface area contributed by atoms with Crippen molar-refractivity contribution in [3.63, 3.8) is 0 Å². The standard InChI is InChI=1S/C33H33N3O5/c37-29(19-32-12-14-33(22-32,15-13-32)41-31(38)39)35-17-11-26-27-10-5-16-34-30(27)36(28(26)21-35)20-23-6-4-9-25(18-23)40-24-7-2-1-3-8-24/h1-10,16,18H,11-15,17,19-22H2,(H,38,39). The van der Waals surface area contributed by atoms with Crippen LogP contribution in [0.5, 0.6) is 11.5 Å². The summed E-state index contributed by atoms with van der Waals surface area (Å²) in [5, 5.41) is 10.4. The molecular weight excluding hydrogens is 518 g/mol. The molecule has 0 atom stereocenters. The first-order valence-corrected chi connectivity index (χ1v) is 14.4. The highest BCUT2D eigenvalue weighted by atomic mass is 16.7. The number of pyridine rings is 1. The minimum atomic E-state index is -1.21. The summed E-state index contributed by atoms with van der Waals surface area (Å²) in [6.45, 7) is 1.83. The first-order chi connectivity index (χ1) is 19.9. The van der Waals surface area contributed by atoms with E-state index in [1.807, 2.05) is 59.6 Å². The smallest absolute Gasteiger partial charge is 0.457 e. The normalized spacial score (nSPS) is 23.0. The number of fused-ring (bicyclic) bond motifs is 5. The third-order valence-corrected chi connectivity index (χ3v) is 9.33. The van der Waals surface area contributed by atoms with E-state index >= 15 is 0 Å². The van der Waals surface area contributed by atoms with Crippen LogP contribution in [0.2, 0.25) is 0 Å². The number of ether oxygens (including phenoxy) is 2. The average molecular weight is 552 g/mol. The number of hydrogen-bond acceptors (Lipinski definition) is 5. The molecule has 0 spiro atoms. The van der Waals surface area contributed by atoms with E-state index in [-0.39, 0.29) is 11.3 Å². The minimum Gasteiger partial charge on any atom is -0.457 e. The molecule has 3 aliphatic rings. The van der Waals surface area contributed by atoms with Gasteiger partial charge in [0.1, 0.15) is 22.7 Å². The molecule has 41 heavy (non-hydrogen) atoms. The molecule has 2 aromatic heterocycles. The van der Waals surface area contributed by atoms with Gasteiger partial charge in [0.2, 0.25) is 5.91 Å². The molecule has 7 rings (SSSR count). The maximum atomic E-state index is 13.7. The Labute approximate surface area is 238 Å². The molecule has 0 radical (unpaired) electrons. The predicted molar refractivity (Wildman–Crippen MR) is 153 cm³/mol. The summed E-state index contributed by atoms with van der Waals surface area (Å²) in [6, 6.07) is 22.0. The van der Waals surface area contributed by atoms with Crippen molar-refractivity contribution < 1.29 is 24.2 Å². The molecule has 2 bridgehead atoms. The number of rotatable bonds is 7. The molecule has 1 amide bonds. The molecule has 2 aromatic carbocycles. The summed E-state index contributed by atoms with van der Waals surface area (Å²) in [6.07, 6.45) is 5.61. The van der Waals surface area contributed by atoms with E-state index in [4.69, 9.17) is 14.5 Å². The zero-order valence-corrected chi connectivity index (χ0v) is 22.9. The molecule has 2 saturated carbocycles. The van der Waals surface area contributed by atoms with Gasteiger partial charge in [-0.1, -0.05) is 30.3 Å². The maximum absolute atomic E-state index is 13.7. The van der Waals surface area contributed by atoms with Crippen molar-refractivity contribution in [1.82, 2.24) is 14.5 Å². The third-order valence-electron chi connectivity index (χ3n) is 9.33. The Morgan fingerprint density at radius 3 is 2.56 bits per heavy atom. The lowest BCUT2D eigenvalue weighted by Gasteiger charge is -2.32. The number of carbonyl (C=O) groups is 2. The number of benzene rings is 2. The van der Waals surface area contributed by atoms with Crippen LogP contribution in [-0.4, -0.2) is 43.8 Å². The summed E-state index contributed by atoms with van der Waals surface area (Å²) in [5.41, 5.74) is 3.67. The van der Waals surface area contributed by atoms with Crippen LogP contribution in [0.1, 0.15) is 55.3 Å². The molecule has 3 heterocycles. The fraction of sp³-hybridized carbons (Fsp3) is 0.364. The fourth-order valence-corrected chi connectivity index (χ4v) is 7.43. The fourth-order valence-electron chi connectivity index (χ4n) is 7.43. The number of hydrogen-bond donors (Lipinski definition) is 1. The number of carboxylic acid groups (broad SMARTS) is 1. The molecule has 1 aliphatic heterocycles. The average Bonchev–Trinajstić information content (AvgIpc) is 3.61. The summed E-state index contributed by atoms with van der Waals surface area (Å²) < 4.78 is 13.6. The number of nitrogens with zero attached hydrogens (tertiary/aromatic N) is 3. The Bertz CT molecular complexity index is 1620. The van der Waals surface area contributed by atoms with Crippen molar-refractivity contribution >= 4 is 23.1 Å². The molecule has 0 saturated heterocycles. The zero-order chi connectivity index (χ0) is 28.0. The number of aromatic nitrogens is 2. The third kappa shape index (κ3) is 4.81. The Morgan fingerprint density at radius 1 is 0.951 bits per heavy atom. The first-order valence-electron chi connectivity index (χ1n) is 14.4. The lowest BCUT2D eigenvalue weighted by Crippen LogP contribution is -2.39. The van der Waals surface area contributed by atoms with E-state index in [9.17, 15) is 14.7 Å². The van der Waals surface area contributed by atoms with E-state index < -0.39 is 11.8 Å². The minimum absolute atomic E-state index is 0.145. The van der Waals surface area contributed by atoms with Gasteiger partial charge < -0.3 is 24.0 Å². The maximum Gasteiger partial charge on any atom is 0.506 e. The van der Waals surface area contributed by atoms with Crippen LogP contribution < -0.4 is 4.74 Å². The van der Waals surface area contributed by atoms with Gasteiger partial charge in [0.25, 0.3) is 0 Å². The van der Waals surface area contributed by atoms with Gasteiger partial charge in [-0.25, -0.2) is 9.78 Å². The van der Waals surface area contributed by atoms with Crippen LogP contribution in [0.25, 0.3) is 11.0 Å². The van der Waals surface area contributed by atoms with Crippen molar-refractivity contribution in [2.75, 3.05) is 6.54 Å². The van der Waals surface area contributed by atoms with Crippen LogP contribution in [0.4, 0.5) is 4.79 Å². The molecular formula is C33H33N3O5. The van der Waals surface area contributed by atoms with Crippen LogP contribution in [0.15, 0.2) is 72.9 Å². The monoisotopic (exact) mass is 551 g/mol. The van der Waals surface area contributed by atoms with E-state index in [0.29, 0.717) is 45.3 Å². The van der Waals surface area contributed by atoms with Crippen molar-refractivity contribution in [3.05, 3.63) is 89.7 Å².